The van der Waals surface area contributed by atoms with Crippen LogP contribution in [-0.2, 0) is 9.53 Å². The van der Waals surface area contributed by atoms with Crippen molar-refractivity contribution in [1.82, 2.24) is 15.1 Å². The number of rotatable bonds is 9. The number of hydrogen-bond donors (Lipinski definition) is 1. The summed E-state index contributed by atoms with van der Waals surface area (Å²) < 4.78 is 4.89. The SMILES string of the molecule is CCN(CC)C1CCN(CCC(NC(C)C)C(=O)OC)C1. The summed E-state index contributed by atoms with van der Waals surface area (Å²) in [6, 6.07) is 0.772. The molecular formula is C16H33N3O2. The van der Waals surface area contributed by atoms with Crippen LogP contribution in [0.4, 0.5) is 0 Å². The van der Waals surface area contributed by atoms with Gasteiger partial charge in [-0.2, -0.15) is 0 Å². The average molecular weight is 299 g/mol. The van der Waals surface area contributed by atoms with E-state index in [9.17, 15) is 4.79 Å². The molecule has 21 heavy (non-hydrogen) atoms. The molecule has 1 aliphatic heterocycles. The van der Waals surface area contributed by atoms with Crippen molar-refractivity contribution < 1.29 is 9.53 Å². The summed E-state index contributed by atoms with van der Waals surface area (Å²) in [5.41, 5.74) is 0. The molecule has 5 nitrogen and oxygen atoms in total. The second-order valence-electron chi connectivity index (χ2n) is 6.15. The topological polar surface area (TPSA) is 44.8 Å². The van der Waals surface area contributed by atoms with Crippen molar-refractivity contribution in [3.63, 3.8) is 0 Å². The fourth-order valence-electron chi connectivity index (χ4n) is 3.18. The molecule has 2 atom stereocenters. The van der Waals surface area contributed by atoms with E-state index in [4.69, 9.17) is 4.74 Å². The molecule has 0 bridgehead atoms. The number of ether oxygens (including phenoxy) is 1. The maximum Gasteiger partial charge on any atom is 0.322 e. The third kappa shape index (κ3) is 5.93. The second kappa shape index (κ2) is 9.38. The van der Waals surface area contributed by atoms with E-state index < -0.39 is 0 Å². The van der Waals surface area contributed by atoms with Crippen LogP contribution in [0.25, 0.3) is 0 Å². The highest BCUT2D eigenvalue weighted by Gasteiger charge is 2.27. The zero-order valence-electron chi connectivity index (χ0n) is 14.4. The minimum absolute atomic E-state index is 0.150. The molecule has 0 aliphatic carbocycles. The van der Waals surface area contributed by atoms with Crippen LogP contribution >= 0.6 is 0 Å². The van der Waals surface area contributed by atoms with Gasteiger partial charge in [-0.05, 0) is 32.5 Å². The predicted molar refractivity (Wildman–Crippen MR) is 86.5 cm³/mol. The van der Waals surface area contributed by atoms with Gasteiger partial charge in [0, 0.05) is 25.2 Å². The molecule has 0 aromatic rings. The van der Waals surface area contributed by atoms with Gasteiger partial charge in [-0.1, -0.05) is 27.7 Å². The fraction of sp³-hybridized carbons (Fsp3) is 0.938. The van der Waals surface area contributed by atoms with Gasteiger partial charge in [0.05, 0.1) is 7.11 Å². The largest absolute Gasteiger partial charge is 0.468 e. The zero-order valence-corrected chi connectivity index (χ0v) is 14.4. The fourth-order valence-corrected chi connectivity index (χ4v) is 3.18. The predicted octanol–water partition coefficient (Wildman–Crippen LogP) is 1.33. The van der Waals surface area contributed by atoms with Gasteiger partial charge >= 0.3 is 5.97 Å². The molecule has 1 heterocycles. The number of hydrogen-bond acceptors (Lipinski definition) is 5. The van der Waals surface area contributed by atoms with Crippen molar-refractivity contribution in [1.29, 1.82) is 0 Å². The highest BCUT2D eigenvalue weighted by atomic mass is 16.5. The Bertz CT molecular complexity index is 306. The first-order chi connectivity index (χ1) is 10.0. The normalized spacial score (nSPS) is 21.2. The zero-order chi connectivity index (χ0) is 15.8. The van der Waals surface area contributed by atoms with Gasteiger partial charge in [0.25, 0.3) is 0 Å². The van der Waals surface area contributed by atoms with Crippen molar-refractivity contribution in [3.05, 3.63) is 0 Å². The Morgan fingerprint density at radius 3 is 2.57 bits per heavy atom. The second-order valence-corrected chi connectivity index (χ2v) is 6.15. The van der Waals surface area contributed by atoms with Gasteiger partial charge in [-0.25, -0.2) is 0 Å². The monoisotopic (exact) mass is 299 g/mol. The standard InChI is InChI=1S/C16H33N3O2/c1-6-19(7-2)14-8-10-18(12-14)11-9-15(16(20)21-5)17-13(3)4/h13-15,17H,6-12H2,1-5H3. The van der Waals surface area contributed by atoms with E-state index in [1.807, 2.05) is 0 Å². The van der Waals surface area contributed by atoms with E-state index in [1.54, 1.807) is 0 Å². The molecule has 0 radical (unpaired) electrons. The third-order valence-corrected chi connectivity index (χ3v) is 4.33. The van der Waals surface area contributed by atoms with Crippen LogP contribution in [0, 0.1) is 0 Å². The Labute approximate surface area is 130 Å². The van der Waals surface area contributed by atoms with Gasteiger partial charge in [-0.15, -0.1) is 0 Å². The average Bonchev–Trinajstić information content (AvgIpc) is 2.92. The van der Waals surface area contributed by atoms with Crippen molar-refractivity contribution in [2.24, 2.45) is 0 Å². The first kappa shape index (κ1) is 18.4. The molecule has 5 heteroatoms. The Hall–Kier alpha value is -0.650. The number of methoxy groups -OCH3 is 1. The molecule has 0 spiro atoms. The Morgan fingerprint density at radius 2 is 2.05 bits per heavy atom. The highest BCUT2D eigenvalue weighted by Crippen LogP contribution is 2.16. The number of likely N-dealkylation sites (tertiary alicyclic amines) is 1. The Kier molecular flexibility index (Phi) is 8.22. The van der Waals surface area contributed by atoms with Crippen molar-refractivity contribution in [3.8, 4) is 0 Å². The van der Waals surface area contributed by atoms with Gasteiger partial charge in [0.1, 0.15) is 6.04 Å². The molecular weight excluding hydrogens is 266 g/mol. The lowest BCUT2D eigenvalue weighted by Crippen LogP contribution is -2.44. The smallest absolute Gasteiger partial charge is 0.322 e. The summed E-state index contributed by atoms with van der Waals surface area (Å²) in [5, 5.41) is 3.30. The molecule has 0 saturated carbocycles. The number of carbonyl (C=O) groups excluding carboxylic acids is 1. The quantitative estimate of drug-likeness (QED) is 0.651. The summed E-state index contributed by atoms with van der Waals surface area (Å²) in [5.74, 6) is -0.150. The van der Waals surface area contributed by atoms with E-state index in [1.165, 1.54) is 13.5 Å². The summed E-state index contributed by atoms with van der Waals surface area (Å²) in [6.45, 7) is 14.0. The van der Waals surface area contributed by atoms with Crippen molar-refractivity contribution in [2.75, 3.05) is 39.8 Å². The first-order valence-corrected chi connectivity index (χ1v) is 8.32. The number of nitrogens with zero attached hydrogens (tertiary/aromatic N) is 2. The molecule has 0 aromatic carbocycles. The van der Waals surface area contributed by atoms with Crippen LogP contribution < -0.4 is 5.32 Å². The first-order valence-electron chi connectivity index (χ1n) is 8.32. The molecule has 1 saturated heterocycles. The summed E-state index contributed by atoms with van der Waals surface area (Å²) >= 11 is 0. The summed E-state index contributed by atoms with van der Waals surface area (Å²) in [7, 11) is 1.46. The van der Waals surface area contributed by atoms with E-state index in [0.29, 0.717) is 6.04 Å². The van der Waals surface area contributed by atoms with Crippen LogP contribution in [0.5, 0.6) is 0 Å². The highest BCUT2D eigenvalue weighted by molar-refractivity contribution is 5.75. The van der Waals surface area contributed by atoms with Crippen LogP contribution in [0.2, 0.25) is 0 Å². The van der Waals surface area contributed by atoms with E-state index >= 15 is 0 Å². The van der Waals surface area contributed by atoms with Crippen molar-refractivity contribution >= 4 is 5.97 Å². The van der Waals surface area contributed by atoms with Crippen LogP contribution in [-0.4, -0.2) is 73.7 Å². The number of esters is 1. The lowest BCUT2D eigenvalue weighted by Gasteiger charge is -2.27. The van der Waals surface area contributed by atoms with Crippen molar-refractivity contribution in [2.45, 2.75) is 58.7 Å². The van der Waals surface area contributed by atoms with E-state index in [-0.39, 0.29) is 18.1 Å². The van der Waals surface area contributed by atoms with Gasteiger partial charge in [0.15, 0.2) is 0 Å². The van der Waals surface area contributed by atoms with Crippen LogP contribution in [0.3, 0.4) is 0 Å². The number of likely N-dealkylation sites (N-methyl/N-ethyl adjacent to an activating group) is 1. The van der Waals surface area contributed by atoms with Gasteiger partial charge < -0.3 is 15.0 Å². The van der Waals surface area contributed by atoms with Crippen LogP contribution in [0.15, 0.2) is 0 Å². The number of nitrogens with one attached hydrogen (secondary N) is 1. The maximum atomic E-state index is 11.8. The van der Waals surface area contributed by atoms with Gasteiger partial charge in [0.2, 0.25) is 0 Å². The molecule has 124 valence electrons. The minimum atomic E-state index is -0.192. The lowest BCUT2D eigenvalue weighted by atomic mass is 10.1. The summed E-state index contributed by atoms with van der Waals surface area (Å²) in [6.07, 6.45) is 2.05. The van der Waals surface area contributed by atoms with E-state index in [0.717, 1.165) is 39.1 Å². The van der Waals surface area contributed by atoms with Gasteiger partial charge in [-0.3, -0.25) is 9.69 Å². The van der Waals surface area contributed by atoms with Crippen LogP contribution in [0.1, 0.15) is 40.5 Å². The molecule has 2 unspecified atom stereocenters. The molecule has 1 N–H and O–H groups in total. The third-order valence-electron chi connectivity index (χ3n) is 4.33. The molecule has 0 amide bonds. The Balaban J connectivity index is 2.41. The van der Waals surface area contributed by atoms with E-state index in [2.05, 4.69) is 42.8 Å². The summed E-state index contributed by atoms with van der Waals surface area (Å²) in [4.78, 5) is 16.8. The molecule has 1 fully saturated rings. The lowest BCUT2D eigenvalue weighted by molar-refractivity contribution is -0.143. The molecule has 0 aromatic heterocycles. The minimum Gasteiger partial charge on any atom is -0.468 e. The Morgan fingerprint density at radius 1 is 1.38 bits per heavy atom. The number of carbonyl (C=O) groups is 1. The molecule has 1 aliphatic rings. The maximum absolute atomic E-state index is 11.8. The molecule has 1 rings (SSSR count).